The molecule has 4 rings (SSSR count). The number of methoxy groups -OCH3 is 1. The van der Waals surface area contributed by atoms with Crippen LogP contribution in [-0.2, 0) is 4.79 Å². The number of carbonyl (C=O) groups is 1. The first-order valence-corrected chi connectivity index (χ1v) is 11.6. The molecule has 0 fully saturated rings. The molecule has 0 radical (unpaired) electrons. The second-order valence-electron chi connectivity index (χ2n) is 7.47. The molecule has 36 heavy (non-hydrogen) atoms. The van der Waals surface area contributed by atoms with Crippen molar-refractivity contribution in [3.05, 3.63) is 96.2 Å². The zero-order valence-electron chi connectivity index (χ0n) is 19.1. The van der Waals surface area contributed by atoms with Gasteiger partial charge in [-0.1, -0.05) is 30.0 Å². The Morgan fingerprint density at radius 1 is 1.08 bits per heavy atom. The van der Waals surface area contributed by atoms with Gasteiger partial charge in [0.2, 0.25) is 0 Å². The van der Waals surface area contributed by atoms with E-state index in [4.69, 9.17) is 9.84 Å². The summed E-state index contributed by atoms with van der Waals surface area (Å²) in [5.74, 6) is -2.47. The normalized spacial score (nSPS) is 11.2. The minimum atomic E-state index is -2.53. The fraction of sp³-hybridized carbons (Fsp3) is 0.0741. The number of nitrogens with one attached hydrogen (secondary N) is 1. The van der Waals surface area contributed by atoms with E-state index in [1.54, 1.807) is 30.1 Å². The molecule has 0 saturated carbocycles. The Labute approximate surface area is 210 Å². The molecule has 3 aromatic carbocycles. The van der Waals surface area contributed by atoms with Gasteiger partial charge in [0, 0.05) is 27.9 Å². The number of nitrogens with zero attached hydrogens (tertiary/aromatic N) is 3. The molecule has 6 nitrogen and oxygen atoms in total. The quantitative estimate of drug-likeness (QED) is 0.171. The molecular formula is C27H20F2N4O2S. The number of thioether (sulfide) groups is 1. The van der Waals surface area contributed by atoms with Crippen LogP contribution in [0, 0.1) is 11.3 Å². The second kappa shape index (κ2) is 11.3. The third-order valence-corrected chi connectivity index (χ3v) is 5.85. The van der Waals surface area contributed by atoms with Crippen LogP contribution in [0.5, 0.6) is 5.75 Å². The Balaban J connectivity index is 1.66. The number of benzene rings is 3. The summed E-state index contributed by atoms with van der Waals surface area (Å²) >= 11 is 0.414. The summed E-state index contributed by atoms with van der Waals surface area (Å²) < 4.78 is 32.0. The molecule has 0 aliphatic heterocycles. The van der Waals surface area contributed by atoms with Gasteiger partial charge in [0.05, 0.1) is 18.5 Å². The number of hydrogen-bond donors (Lipinski definition) is 1. The highest BCUT2D eigenvalue weighted by atomic mass is 32.2. The van der Waals surface area contributed by atoms with Crippen LogP contribution in [0.15, 0.2) is 95.5 Å². The number of carbonyl (C=O) groups excluding carboxylic acids is 1. The standard InChI is InChI=1S/C27H20F2N4O2S/c1-35-23-11-7-18(8-12-23)25-20(17-33(32-25)22-5-3-2-4-6-22)15-19(16-30)26(34)31-21-9-13-24(14-10-21)36-27(28)29/h2-15,17,27H,1H3,(H,31,34)/b19-15+. The number of aromatic nitrogens is 2. The Morgan fingerprint density at radius 3 is 2.39 bits per heavy atom. The fourth-order valence-electron chi connectivity index (χ4n) is 3.40. The number of halogens is 2. The first-order chi connectivity index (χ1) is 17.5. The van der Waals surface area contributed by atoms with E-state index in [0.29, 0.717) is 39.4 Å². The van der Waals surface area contributed by atoms with Crippen molar-refractivity contribution in [3.8, 4) is 28.8 Å². The predicted octanol–water partition coefficient (Wildman–Crippen LogP) is 6.41. The molecule has 0 aliphatic carbocycles. The number of ether oxygens (including phenoxy) is 1. The van der Waals surface area contributed by atoms with E-state index >= 15 is 0 Å². The maximum Gasteiger partial charge on any atom is 0.288 e. The van der Waals surface area contributed by atoms with Gasteiger partial charge in [-0.05, 0) is 66.7 Å². The summed E-state index contributed by atoms with van der Waals surface area (Å²) in [7, 11) is 1.58. The van der Waals surface area contributed by atoms with Gasteiger partial charge in [-0.25, -0.2) is 4.68 Å². The van der Waals surface area contributed by atoms with Gasteiger partial charge in [0.25, 0.3) is 11.7 Å². The van der Waals surface area contributed by atoms with Gasteiger partial charge in [0.1, 0.15) is 17.4 Å². The molecule has 0 saturated heterocycles. The molecule has 9 heteroatoms. The van der Waals surface area contributed by atoms with Crippen LogP contribution < -0.4 is 10.1 Å². The topological polar surface area (TPSA) is 79.9 Å². The highest BCUT2D eigenvalue weighted by molar-refractivity contribution is 7.99. The number of para-hydroxylation sites is 1. The lowest BCUT2D eigenvalue weighted by molar-refractivity contribution is -0.112. The molecule has 0 aliphatic rings. The van der Waals surface area contributed by atoms with Gasteiger partial charge in [0.15, 0.2) is 0 Å². The Bertz CT molecular complexity index is 1410. The summed E-state index contributed by atoms with van der Waals surface area (Å²) in [6, 6.07) is 24.7. The SMILES string of the molecule is COc1ccc(-c2nn(-c3ccccc3)cc2/C=C(\C#N)C(=O)Nc2ccc(SC(F)F)cc2)cc1. The number of rotatable bonds is 8. The molecule has 1 heterocycles. The number of amides is 1. The Kier molecular flexibility index (Phi) is 7.78. The summed E-state index contributed by atoms with van der Waals surface area (Å²) in [6.45, 7) is 0. The second-order valence-corrected chi connectivity index (χ2v) is 8.53. The summed E-state index contributed by atoms with van der Waals surface area (Å²) in [6.07, 6.45) is 3.22. The van der Waals surface area contributed by atoms with Crippen molar-refractivity contribution in [2.24, 2.45) is 0 Å². The number of nitriles is 1. The van der Waals surface area contributed by atoms with Gasteiger partial charge in [-0.2, -0.15) is 19.1 Å². The highest BCUT2D eigenvalue weighted by Gasteiger charge is 2.16. The van der Waals surface area contributed by atoms with E-state index in [0.717, 1.165) is 11.3 Å². The van der Waals surface area contributed by atoms with Crippen molar-refractivity contribution in [1.82, 2.24) is 9.78 Å². The fourth-order valence-corrected chi connectivity index (χ4v) is 3.90. The van der Waals surface area contributed by atoms with E-state index in [2.05, 4.69) is 5.32 Å². The summed E-state index contributed by atoms with van der Waals surface area (Å²) in [5, 5.41) is 17.1. The number of hydrogen-bond acceptors (Lipinski definition) is 5. The van der Waals surface area contributed by atoms with Crippen LogP contribution in [0.3, 0.4) is 0 Å². The number of anilines is 1. The van der Waals surface area contributed by atoms with Crippen LogP contribution >= 0.6 is 11.8 Å². The monoisotopic (exact) mass is 502 g/mol. The first-order valence-electron chi connectivity index (χ1n) is 10.7. The third-order valence-electron chi connectivity index (χ3n) is 5.13. The van der Waals surface area contributed by atoms with Gasteiger partial charge < -0.3 is 10.1 Å². The molecule has 1 amide bonds. The minimum absolute atomic E-state index is 0.136. The third kappa shape index (κ3) is 5.98. The molecule has 0 spiro atoms. The smallest absolute Gasteiger partial charge is 0.288 e. The Morgan fingerprint density at radius 2 is 1.78 bits per heavy atom. The molecule has 180 valence electrons. The van der Waals surface area contributed by atoms with Crippen LogP contribution in [-0.4, -0.2) is 28.6 Å². The summed E-state index contributed by atoms with van der Waals surface area (Å²) in [4.78, 5) is 13.2. The molecular weight excluding hydrogens is 482 g/mol. The van der Waals surface area contributed by atoms with E-state index in [-0.39, 0.29) is 5.57 Å². The van der Waals surface area contributed by atoms with Crippen molar-refractivity contribution in [2.45, 2.75) is 10.7 Å². The van der Waals surface area contributed by atoms with Gasteiger partial charge >= 0.3 is 0 Å². The molecule has 0 unspecified atom stereocenters. The van der Waals surface area contributed by atoms with Crippen molar-refractivity contribution in [1.29, 1.82) is 5.26 Å². The lowest BCUT2D eigenvalue weighted by Gasteiger charge is -2.06. The van der Waals surface area contributed by atoms with E-state index < -0.39 is 11.7 Å². The number of alkyl halides is 2. The zero-order chi connectivity index (χ0) is 25.5. The lowest BCUT2D eigenvalue weighted by atomic mass is 10.1. The zero-order valence-corrected chi connectivity index (χ0v) is 19.9. The van der Waals surface area contributed by atoms with E-state index in [1.165, 1.54) is 30.3 Å². The maximum absolute atomic E-state index is 12.8. The Hall–Kier alpha value is -4.42. The van der Waals surface area contributed by atoms with Crippen LogP contribution in [0.25, 0.3) is 23.0 Å². The van der Waals surface area contributed by atoms with Crippen molar-refractivity contribution >= 4 is 29.4 Å². The maximum atomic E-state index is 12.8. The molecule has 4 aromatic rings. The highest BCUT2D eigenvalue weighted by Crippen LogP contribution is 2.28. The lowest BCUT2D eigenvalue weighted by Crippen LogP contribution is -2.13. The summed E-state index contributed by atoms with van der Waals surface area (Å²) in [5.41, 5.74) is 2.99. The molecule has 0 bridgehead atoms. The van der Waals surface area contributed by atoms with Crippen molar-refractivity contribution < 1.29 is 18.3 Å². The van der Waals surface area contributed by atoms with Crippen LogP contribution in [0.4, 0.5) is 14.5 Å². The average Bonchev–Trinajstić information content (AvgIpc) is 3.32. The molecule has 1 aromatic heterocycles. The van der Waals surface area contributed by atoms with E-state index in [9.17, 15) is 18.8 Å². The minimum Gasteiger partial charge on any atom is -0.497 e. The first kappa shape index (κ1) is 24.7. The largest absolute Gasteiger partial charge is 0.497 e. The van der Waals surface area contributed by atoms with Crippen molar-refractivity contribution in [2.75, 3.05) is 12.4 Å². The van der Waals surface area contributed by atoms with Crippen molar-refractivity contribution in [3.63, 3.8) is 0 Å². The average molecular weight is 503 g/mol. The predicted molar refractivity (Wildman–Crippen MR) is 136 cm³/mol. The molecule has 0 atom stereocenters. The van der Waals surface area contributed by atoms with Gasteiger partial charge in [-0.15, -0.1) is 0 Å². The van der Waals surface area contributed by atoms with Crippen LogP contribution in [0.1, 0.15) is 5.56 Å². The van der Waals surface area contributed by atoms with Gasteiger partial charge in [-0.3, -0.25) is 4.79 Å². The van der Waals surface area contributed by atoms with E-state index in [1.807, 2.05) is 48.5 Å². The van der Waals surface area contributed by atoms with Crippen LogP contribution in [0.2, 0.25) is 0 Å². The molecule has 1 N–H and O–H groups in total.